The molecule has 0 saturated carbocycles. The lowest BCUT2D eigenvalue weighted by molar-refractivity contribution is 0.414. The Kier molecular flexibility index (Phi) is 6.70. The number of nitrogens with one attached hydrogen (secondary N) is 1. The molecule has 1 aliphatic heterocycles. The number of benzene rings is 3. The zero-order chi connectivity index (χ0) is 25.4. The molecular formula is C26H24Cl2N4O3S. The Balaban J connectivity index is 1.65. The number of anilines is 1. The number of fused-ring (bicyclic) bond motifs is 1. The average Bonchev–Trinajstić information content (AvgIpc) is 3.27. The molecule has 0 saturated heterocycles. The third kappa shape index (κ3) is 4.57. The van der Waals surface area contributed by atoms with Crippen LogP contribution in [0.5, 0.6) is 5.75 Å². The lowest BCUT2D eigenvalue weighted by Crippen LogP contribution is -2.41. The zero-order valence-electron chi connectivity index (χ0n) is 19.7. The van der Waals surface area contributed by atoms with Crippen molar-refractivity contribution < 1.29 is 13.2 Å². The Hall–Kier alpha value is -3.04. The molecule has 1 aliphatic rings. The van der Waals surface area contributed by atoms with Gasteiger partial charge >= 0.3 is 0 Å². The fraction of sp³-hybridized carbons (Fsp3) is 0.192. The highest BCUT2D eigenvalue weighted by Crippen LogP contribution is 2.43. The molecule has 10 heteroatoms. The van der Waals surface area contributed by atoms with Gasteiger partial charge in [0.1, 0.15) is 17.1 Å². The normalized spacial score (nSPS) is 16.6. The first-order valence-electron chi connectivity index (χ1n) is 11.2. The van der Waals surface area contributed by atoms with E-state index in [1.807, 2.05) is 54.6 Å². The van der Waals surface area contributed by atoms with Gasteiger partial charge in [-0.15, -0.1) is 0 Å². The maximum absolute atomic E-state index is 13.3. The third-order valence-corrected chi connectivity index (χ3v) is 8.53. The predicted octanol–water partition coefficient (Wildman–Crippen LogP) is 5.47. The van der Waals surface area contributed by atoms with Crippen LogP contribution < -0.4 is 14.4 Å². The average molecular weight is 543 g/mol. The first kappa shape index (κ1) is 24.6. The number of hydrogen-bond donors (Lipinski definition) is 1. The summed E-state index contributed by atoms with van der Waals surface area (Å²) in [4.78, 5) is 0. The smallest absolute Gasteiger partial charge is 0.236 e. The van der Waals surface area contributed by atoms with Gasteiger partial charge in [-0.1, -0.05) is 65.7 Å². The second-order valence-electron chi connectivity index (χ2n) is 8.48. The summed E-state index contributed by atoms with van der Waals surface area (Å²) in [7, 11) is -0.430. The Bertz CT molecular complexity index is 1510. The summed E-state index contributed by atoms with van der Waals surface area (Å²) in [5.74, 6) is 0.640. The molecule has 3 aromatic carbocycles. The summed E-state index contributed by atoms with van der Waals surface area (Å²) in [5, 5.41) is 9.23. The predicted molar refractivity (Wildman–Crippen MR) is 144 cm³/mol. The molecule has 5 rings (SSSR count). The molecule has 0 aliphatic carbocycles. The Morgan fingerprint density at radius 1 is 1.06 bits per heavy atom. The SMILES string of the molecule is COc1ccc(CNC2CS(=O)(=O)N(C)c3c2nn(-c2ccc(Cl)cc2Cl)c3-c2ccccc2)cc1. The van der Waals surface area contributed by atoms with Gasteiger partial charge in [-0.3, -0.25) is 4.31 Å². The van der Waals surface area contributed by atoms with Crippen molar-refractivity contribution in [2.75, 3.05) is 24.2 Å². The standard InChI is InChI=1S/C26H24Cl2N4O3S/c1-31-26-24(22(16-36(31,33)34)29-15-17-8-11-20(35-2)12-9-17)30-32(23-13-10-19(27)14-21(23)28)25(26)18-6-4-3-5-7-18/h3-14,22,29H,15-16H2,1-2H3. The number of halogens is 2. The minimum atomic E-state index is -3.61. The molecule has 186 valence electrons. The van der Waals surface area contributed by atoms with E-state index < -0.39 is 16.1 Å². The van der Waals surface area contributed by atoms with Gasteiger partial charge in [0.15, 0.2) is 0 Å². The van der Waals surface area contributed by atoms with Gasteiger partial charge in [0, 0.05) is 24.2 Å². The van der Waals surface area contributed by atoms with E-state index in [4.69, 9.17) is 33.0 Å². The van der Waals surface area contributed by atoms with Crippen molar-refractivity contribution in [3.63, 3.8) is 0 Å². The van der Waals surface area contributed by atoms with Crippen molar-refractivity contribution in [3.8, 4) is 22.7 Å². The Labute approximate surface area is 220 Å². The molecule has 2 heterocycles. The number of methoxy groups -OCH3 is 1. The zero-order valence-corrected chi connectivity index (χ0v) is 22.0. The van der Waals surface area contributed by atoms with Gasteiger partial charge in [0.2, 0.25) is 10.0 Å². The highest BCUT2D eigenvalue weighted by Gasteiger charge is 2.40. The van der Waals surface area contributed by atoms with Gasteiger partial charge in [0.05, 0.1) is 35.3 Å². The van der Waals surface area contributed by atoms with Crippen LogP contribution in [0, 0.1) is 0 Å². The minimum Gasteiger partial charge on any atom is -0.497 e. The fourth-order valence-corrected chi connectivity index (χ4v) is 6.20. The van der Waals surface area contributed by atoms with Crippen LogP contribution in [-0.4, -0.2) is 38.1 Å². The molecule has 1 atom stereocenters. The van der Waals surface area contributed by atoms with Crippen LogP contribution in [0.4, 0.5) is 5.69 Å². The largest absolute Gasteiger partial charge is 0.497 e. The van der Waals surface area contributed by atoms with Crippen LogP contribution in [0.25, 0.3) is 16.9 Å². The van der Waals surface area contributed by atoms with Crippen molar-refractivity contribution >= 4 is 38.9 Å². The fourth-order valence-electron chi connectivity index (χ4n) is 4.33. The topological polar surface area (TPSA) is 76.5 Å². The first-order chi connectivity index (χ1) is 17.3. The minimum absolute atomic E-state index is 0.119. The van der Waals surface area contributed by atoms with Gasteiger partial charge in [-0.25, -0.2) is 13.1 Å². The summed E-state index contributed by atoms with van der Waals surface area (Å²) < 4.78 is 34.8. The molecule has 36 heavy (non-hydrogen) atoms. The first-order valence-corrected chi connectivity index (χ1v) is 13.6. The van der Waals surface area contributed by atoms with Crippen molar-refractivity contribution in [1.29, 1.82) is 0 Å². The van der Waals surface area contributed by atoms with Gasteiger partial charge in [-0.05, 0) is 35.9 Å². The molecule has 0 radical (unpaired) electrons. The van der Waals surface area contributed by atoms with E-state index in [9.17, 15) is 8.42 Å². The van der Waals surface area contributed by atoms with E-state index in [1.54, 1.807) is 37.0 Å². The van der Waals surface area contributed by atoms with E-state index >= 15 is 0 Å². The summed E-state index contributed by atoms with van der Waals surface area (Å²) in [6.07, 6.45) is 0. The summed E-state index contributed by atoms with van der Waals surface area (Å²) >= 11 is 12.7. The van der Waals surface area contributed by atoms with Gasteiger partial charge in [0.25, 0.3) is 0 Å². The molecule has 0 spiro atoms. The second kappa shape index (κ2) is 9.78. The summed E-state index contributed by atoms with van der Waals surface area (Å²) in [6.45, 7) is 0.461. The highest BCUT2D eigenvalue weighted by molar-refractivity contribution is 7.92. The van der Waals surface area contributed by atoms with Crippen LogP contribution in [0.2, 0.25) is 10.0 Å². The van der Waals surface area contributed by atoms with E-state index in [0.29, 0.717) is 39.4 Å². The molecular weight excluding hydrogens is 519 g/mol. The van der Waals surface area contributed by atoms with Crippen LogP contribution in [0.3, 0.4) is 0 Å². The number of hydrogen-bond acceptors (Lipinski definition) is 5. The maximum Gasteiger partial charge on any atom is 0.236 e. The van der Waals surface area contributed by atoms with Crippen molar-refractivity contribution in [1.82, 2.24) is 15.1 Å². The molecule has 0 fully saturated rings. The molecule has 1 aromatic heterocycles. The second-order valence-corrected chi connectivity index (χ2v) is 11.4. The van der Waals surface area contributed by atoms with E-state index in [2.05, 4.69) is 5.32 Å². The van der Waals surface area contributed by atoms with Crippen molar-refractivity contribution in [2.24, 2.45) is 0 Å². The van der Waals surface area contributed by atoms with Crippen molar-refractivity contribution in [2.45, 2.75) is 12.6 Å². The molecule has 1 unspecified atom stereocenters. The molecule has 4 aromatic rings. The van der Waals surface area contributed by atoms with E-state index in [0.717, 1.165) is 16.9 Å². The third-order valence-electron chi connectivity index (χ3n) is 6.22. The van der Waals surface area contributed by atoms with Crippen LogP contribution >= 0.6 is 23.2 Å². The summed E-state index contributed by atoms with van der Waals surface area (Å²) in [5.41, 5.74) is 4.20. The number of nitrogens with zero attached hydrogens (tertiary/aromatic N) is 3. The molecule has 0 amide bonds. The molecule has 1 N–H and O–H groups in total. The number of aromatic nitrogens is 2. The van der Waals surface area contributed by atoms with Crippen LogP contribution in [0.1, 0.15) is 17.3 Å². The highest BCUT2D eigenvalue weighted by atomic mass is 35.5. The lowest BCUT2D eigenvalue weighted by atomic mass is 10.1. The maximum atomic E-state index is 13.3. The Morgan fingerprint density at radius 3 is 2.44 bits per heavy atom. The quantitative estimate of drug-likeness (QED) is 0.349. The molecule has 7 nitrogen and oxygen atoms in total. The van der Waals surface area contributed by atoms with Crippen molar-refractivity contribution in [3.05, 3.63) is 94.1 Å². The Morgan fingerprint density at radius 2 is 1.78 bits per heavy atom. The molecule has 0 bridgehead atoms. The van der Waals surface area contributed by atoms with Gasteiger partial charge in [-0.2, -0.15) is 5.10 Å². The monoisotopic (exact) mass is 542 g/mol. The summed E-state index contributed by atoms with van der Waals surface area (Å²) in [6, 6.07) is 21.8. The van der Waals surface area contributed by atoms with Gasteiger partial charge < -0.3 is 10.1 Å². The number of ether oxygens (including phenoxy) is 1. The van der Waals surface area contributed by atoms with Crippen LogP contribution in [-0.2, 0) is 16.6 Å². The number of sulfonamides is 1. The van der Waals surface area contributed by atoms with E-state index in [1.165, 1.54) is 4.31 Å². The van der Waals surface area contributed by atoms with E-state index in [-0.39, 0.29) is 5.75 Å². The number of rotatable bonds is 6. The van der Waals surface area contributed by atoms with Crippen LogP contribution in [0.15, 0.2) is 72.8 Å². The lowest BCUT2D eigenvalue weighted by Gasteiger charge is -2.30.